The molecule has 2 nitrogen and oxygen atoms in total. The minimum Gasteiger partial charge on any atom is -0.496 e. The van der Waals surface area contributed by atoms with Crippen LogP contribution in [-0.4, -0.2) is 25.1 Å². The van der Waals surface area contributed by atoms with Crippen LogP contribution >= 0.6 is 15.9 Å². The summed E-state index contributed by atoms with van der Waals surface area (Å²) in [6.07, 6.45) is 4.02. The molecule has 0 saturated carbocycles. The van der Waals surface area contributed by atoms with Gasteiger partial charge in [0.2, 0.25) is 0 Å². The van der Waals surface area contributed by atoms with Gasteiger partial charge in [0.1, 0.15) is 5.75 Å². The summed E-state index contributed by atoms with van der Waals surface area (Å²) in [6, 6.07) is 6.25. The van der Waals surface area contributed by atoms with Crippen molar-refractivity contribution < 1.29 is 4.74 Å². The third kappa shape index (κ3) is 3.48. The smallest absolute Gasteiger partial charge is 0.123 e. The van der Waals surface area contributed by atoms with Gasteiger partial charge in [0.15, 0.2) is 0 Å². The molecule has 1 unspecified atom stereocenters. The third-order valence-electron chi connectivity index (χ3n) is 3.70. The summed E-state index contributed by atoms with van der Waals surface area (Å²) >= 11 is 3.54. The summed E-state index contributed by atoms with van der Waals surface area (Å²) < 4.78 is 6.56. The first-order valence-corrected chi connectivity index (χ1v) is 7.57. The van der Waals surface area contributed by atoms with Crippen molar-refractivity contribution in [3.63, 3.8) is 0 Å². The van der Waals surface area contributed by atoms with Crippen LogP contribution in [0.25, 0.3) is 0 Å². The lowest BCUT2D eigenvalue weighted by Gasteiger charge is -2.18. The average molecular weight is 312 g/mol. The van der Waals surface area contributed by atoms with Crippen molar-refractivity contribution >= 4 is 15.9 Å². The fourth-order valence-corrected chi connectivity index (χ4v) is 3.22. The summed E-state index contributed by atoms with van der Waals surface area (Å²) in [5, 5.41) is 0. The predicted molar refractivity (Wildman–Crippen MR) is 79.0 cm³/mol. The van der Waals surface area contributed by atoms with Gasteiger partial charge in [-0.05, 0) is 43.5 Å². The van der Waals surface area contributed by atoms with Crippen LogP contribution < -0.4 is 4.74 Å². The molecule has 1 heterocycles. The molecule has 1 atom stereocenters. The lowest BCUT2D eigenvalue weighted by Crippen LogP contribution is -2.20. The van der Waals surface area contributed by atoms with Crippen LogP contribution in [0.3, 0.4) is 0 Å². The normalized spacial score (nSPS) is 20.3. The highest BCUT2D eigenvalue weighted by atomic mass is 79.9. The third-order valence-corrected chi connectivity index (χ3v) is 4.20. The van der Waals surface area contributed by atoms with Crippen LogP contribution in [0.4, 0.5) is 0 Å². The Morgan fingerprint density at radius 2 is 2.28 bits per heavy atom. The van der Waals surface area contributed by atoms with Crippen LogP contribution in [0, 0.1) is 5.92 Å². The first kappa shape index (κ1) is 13.9. The number of rotatable bonds is 5. The number of methoxy groups -OCH3 is 1. The molecular weight excluding hydrogens is 290 g/mol. The van der Waals surface area contributed by atoms with E-state index in [9.17, 15) is 0 Å². The van der Waals surface area contributed by atoms with E-state index in [0.29, 0.717) is 0 Å². The van der Waals surface area contributed by atoms with Crippen molar-refractivity contribution in [1.29, 1.82) is 0 Å². The van der Waals surface area contributed by atoms with Gasteiger partial charge in [0.05, 0.1) is 7.11 Å². The van der Waals surface area contributed by atoms with Crippen molar-refractivity contribution in [1.82, 2.24) is 4.90 Å². The van der Waals surface area contributed by atoms with E-state index in [4.69, 9.17) is 4.74 Å². The molecule has 0 amide bonds. The molecule has 0 spiro atoms. The Morgan fingerprint density at radius 1 is 1.44 bits per heavy atom. The van der Waals surface area contributed by atoms with Gasteiger partial charge in [0, 0.05) is 23.1 Å². The molecule has 1 fully saturated rings. The maximum atomic E-state index is 5.44. The lowest BCUT2D eigenvalue weighted by molar-refractivity contribution is 0.305. The Morgan fingerprint density at radius 3 is 3.00 bits per heavy atom. The molecule has 0 aromatic heterocycles. The summed E-state index contributed by atoms with van der Waals surface area (Å²) in [5.41, 5.74) is 1.28. The van der Waals surface area contributed by atoms with Gasteiger partial charge >= 0.3 is 0 Å². The van der Waals surface area contributed by atoms with E-state index in [2.05, 4.69) is 33.8 Å². The molecule has 1 aromatic rings. The molecule has 0 bridgehead atoms. The van der Waals surface area contributed by atoms with Gasteiger partial charge in [-0.1, -0.05) is 29.3 Å². The highest BCUT2D eigenvalue weighted by molar-refractivity contribution is 9.10. The zero-order valence-electron chi connectivity index (χ0n) is 11.3. The van der Waals surface area contributed by atoms with Crippen LogP contribution in [0.1, 0.15) is 31.7 Å². The van der Waals surface area contributed by atoms with Crippen molar-refractivity contribution in [2.75, 3.05) is 20.2 Å². The Hall–Kier alpha value is -0.540. The fraction of sp³-hybridized carbons (Fsp3) is 0.600. The maximum absolute atomic E-state index is 5.44. The number of ether oxygens (including phenoxy) is 1. The molecular formula is C15H22BrNO. The molecule has 0 aliphatic carbocycles. The van der Waals surface area contributed by atoms with Gasteiger partial charge in [-0.2, -0.15) is 0 Å². The van der Waals surface area contributed by atoms with Gasteiger partial charge in [-0.25, -0.2) is 0 Å². The second-order valence-corrected chi connectivity index (χ2v) is 6.05. The van der Waals surface area contributed by atoms with E-state index < -0.39 is 0 Å². The van der Waals surface area contributed by atoms with Crippen molar-refractivity contribution in [3.05, 3.63) is 28.2 Å². The summed E-state index contributed by atoms with van der Waals surface area (Å²) in [5.74, 6) is 1.89. The lowest BCUT2D eigenvalue weighted by atomic mass is 10.0. The SMILES string of the molecule is CCCC1CCN(Cc2cc(Br)ccc2OC)C1. The molecule has 1 saturated heterocycles. The molecule has 0 N–H and O–H groups in total. The van der Waals surface area contributed by atoms with E-state index in [1.54, 1.807) is 7.11 Å². The number of hydrogen-bond donors (Lipinski definition) is 0. The monoisotopic (exact) mass is 311 g/mol. The summed E-state index contributed by atoms with van der Waals surface area (Å²) in [6.45, 7) is 5.74. The molecule has 18 heavy (non-hydrogen) atoms. The summed E-state index contributed by atoms with van der Waals surface area (Å²) in [4.78, 5) is 2.55. The van der Waals surface area contributed by atoms with Gasteiger partial charge < -0.3 is 4.74 Å². The largest absolute Gasteiger partial charge is 0.496 e. The van der Waals surface area contributed by atoms with Crippen LogP contribution in [0.15, 0.2) is 22.7 Å². The molecule has 100 valence electrons. The van der Waals surface area contributed by atoms with Gasteiger partial charge in [-0.15, -0.1) is 0 Å². The van der Waals surface area contributed by atoms with E-state index in [0.717, 1.165) is 22.7 Å². The van der Waals surface area contributed by atoms with Crippen LogP contribution in [0.5, 0.6) is 5.75 Å². The zero-order chi connectivity index (χ0) is 13.0. The van der Waals surface area contributed by atoms with E-state index in [-0.39, 0.29) is 0 Å². The Kier molecular flexibility index (Phi) is 5.07. The van der Waals surface area contributed by atoms with E-state index in [1.165, 1.54) is 37.9 Å². The standard InChI is InChI=1S/C15H22BrNO/c1-3-4-12-7-8-17(10-12)11-13-9-14(16)5-6-15(13)18-2/h5-6,9,12H,3-4,7-8,10-11H2,1-2H3. The molecule has 1 aliphatic heterocycles. The minimum absolute atomic E-state index is 0.896. The second-order valence-electron chi connectivity index (χ2n) is 5.13. The van der Waals surface area contributed by atoms with Crippen molar-refractivity contribution in [2.45, 2.75) is 32.7 Å². The first-order valence-electron chi connectivity index (χ1n) is 6.77. The van der Waals surface area contributed by atoms with E-state index in [1.807, 2.05) is 12.1 Å². The molecule has 1 aromatic carbocycles. The van der Waals surface area contributed by atoms with Gasteiger partial charge in [0.25, 0.3) is 0 Å². The number of likely N-dealkylation sites (tertiary alicyclic amines) is 1. The number of halogens is 1. The fourth-order valence-electron chi connectivity index (χ4n) is 2.81. The summed E-state index contributed by atoms with van der Waals surface area (Å²) in [7, 11) is 1.75. The Balaban J connectivity index is 1.99. The Labute approximate surface area is 118 Å². The second kappa shape index (κ2) is 6.58. The minimum atomic E-state index is 0.896. The highest BCUT2D eigenvalue weighted by Crippen LogP contribution is 2.27. The molecule has 3 heteroatoms. The number of nitrogens with zero attached hydrogens (tertiary/aromatic N) is 1. The van der Waals surface area contributed by atoms with Crippen molar-refractivity contribution in [3.8, 4) is 5.75 Å². The average Bonchev–Trinajstić information content (AvgIpc) is 2.77. The van der Waals surface area contributed by atoms with Crippen LogP contribution in [-0.2, 0) is 6.54 Å². The molecule has 2 rings (SSSR count). The molecule has 1 aliphatic rings. The quantitative estimate of drug-likeness (QED) is 0.812. The van der Waals surface area contributed by atoms with Gasteiger partial charge in [-0.3, -0.25) is 4.90 Å². The van der Waals surface area contributed by atoms with E-state index >= 15 is 0 Å². The maximum Gasteiger partial charge on any atom is 0.123 e. The van der Waals surface area contributed by atoms with Crippen molar-refractivity contribution in [2.24, 2.45) is 5.92 Å². The Bertz CT molecular complexity index is 394. The number of benzene rings is 1. The first-order chi connectivity index (χ1) is 8.72. The topological polar surface area (TPSA) is 12.5 Å². The van der Waals surface area contributed by atoms with Crippen LogP contribution in [0.2, 0.25) is 0 Å². The number of hydrogen-bond acceptors (Lipinski definition) is 2. The highest BCUT2D eigenvalue weighted by Gasteiger charge is 2.22. The molecule has 0 radical (unpaired) electrons. The predicted octanol–water partition coefficient (Wildman–Crippen LogP) is 4.08. The zero-order valence-corrected chi connectivity index (χ0v) is 12.9.